The van der Waals surface area contributed by atoms with Crippen LogP contribution in [-0.2, 0) is 6.61 Å². The van der Waals surface area contributed by atoms with Gasteiger partial charge in [-0.1, -0.05) is 11.6 Å². The van der Waals surface area contributed by atoms with Crippen molar-refractivity contribution in [1.29, 1.82) is 0 Å². The summed E-state index contributed by atoms with van der Waals surface area (Å²) in [5, 5.41) is 9.60. The van der Waals surface area contributed by atoms with E-state index in [1.54, 1.807) is 0 Å². The van der Waals surface area contributed by atoms with Crippen molar-refractivity contribution in [1.82, 2.24) is 9.97 Å². The highest BCUT2D eigenvalue weighted by Gasteiger charge is 2.24. The van der Waals surface area contributed by atoms with Crippen molar-refractivity contribution in [2.24, 2.45) is 0 Å². The summed E-state index contributed by atoms with van der Waals surface area (Å²) in [6.45, 7) is 3.02. The number of rotatable bonds is 2. The Kier molecular flexibility index (Phi) is 3.07. The first-order chi connectivity index (χ1) is 7.24. The second-order valence-corrected chi connectivity index (χ2v) is 4.17. The molecule has 4 nitrogen and oxygen atoms in total. The van der Waals surface area contributed by atoms with Gasteiger partial charge in [-0.3, -0.25) is 0 Å². The average molecular weight is 228 g/mol. The topological polar surface area (TPSA) is 49.2 Å². The standard InChI is InChI=1S/C10H14ClN3O/c1-7-3-2-4-14(7)10-8(5-15)9(11)12-6-13-10/h6-7,15H,2-5H2,1H3. The van der Waals surface area contributed by atoms with Gasteiger partial charge in [0, 0.05) is 12.6 Å². The van der Waals surface area contributed by atoms with Gasteiger partial charge in [0.15, 0.2) is 0 Å². The third-order valence-corrected chi connectivity index (χ3v) is 3.18. The SMILES string of the molecule is CC1CCCN1c1ncnc(Cl)c1CO. The third kappa shape index (κ3) is 1.92. The summed E-state index contributed by atoms with van der Waals surface area (Å²) in [5.74, 6) is 0.780. The van der Waals surface area contributed by atoms with Crippen LogP contribution in [0.3, 0.4) is 0 Å². The summed E-state index contributed by atoms with van der Waals surface area (Å²) in [6.07, 6.45) is 3.77. The normalized spacial score (nSPS) is 21.0. The Labute approximate surface area is 93.9 Å². The zero-order chi connectivity index (χ0) is 10.8. The van der Waals surface area contributed by atoms with Crippen LogP contribution in [-0.4, -0.2) is 27.7 Å². The molecule has 15 heavy (non-hydrogen) atoms. The molecule has 2 rings (SSSR count). The zero-order valence-electron chi connectivity index (χ0n) is 8.65. The summed E-state index contributed by atoms with van der Waals surface area (Å²) >= 11 is 5.92. The maximum atomic E-state index is 9.25. The van der Waals surface area contributed by atoms with Crippen LogP contribution in [0.4, 0.5) is 5.82 Å². The molecular formula is C10H14ClN3O. The highest BCUT2D eigenvalue weighted by molar-refractivity contribution is 6.30. The molecule has 1 aromatic rings. The molecule has 0 bridgehead atoms. The van der Waals surface area contributed by atoms with E-state index in [0.29, 0.717) is 16.8 Å². The fourth-order valence-electron chi connectivity index (χ4n) is 2.01. The lowest BCUT2D eigenvalue weighted by atomic mass is 10.2. The Bertz CT molecular complexity index is 359. The smallest absolute Gasteiger partial charge is 0.140 e. The molecule has 1 aromatic heterocycles. The fourth-order valence-corrected chi connectivity index (χ4v) is 2.20. The molecule has 0 aliphatic carbocycles. The first kappa shape index (κ1) is 10.6. The van der Waals surface area contributed by atoms with Crippen LogP contribution >= 0.6 is 11.6 Å². The second-order valence-electron chi connectivity index (χ2n) is 3.81. The van der Waals surface area contributed by atoms with Crippen LogP contribution < -0.4 is 4.90 Å². The highest BCUT2D eigenvalue weighted by atomic mass is 35.5. The quantitative estimate of drug-likeness (QED) is 0.780. The molecular weight excluding hydrogens is 214 g/mol. The van der Waals surface area contributed by atoms with Crippen LogP contribution in [0.5, 0.6) is 0 Å². The lowest BCUT2D eigenvalue weighted by Gasteiger charge is -2.24. The summed E-state index contributed by atoms with van der Waals surface area (Å²) in [5.41, 5.74) is 0.632. The molecule has 2 heterocycles. The number of aromatic nitrogens is 2. The summed E-state index contributed by atoms with van der Waals surface area (Å²) in [7, 11) is 0. The van der Waals surface area contributed by atoms with Gasteiger partial charge < -0.3 is 10.0 Å². The summed E-state index contributed by atoms with van der Waals surface area (Å²) in [4.78, 5) is 10.3. The molecule has 5 heteroatoms. The van der Waals surface area contributed by atoms with E-state index >= 15 is 0 Å². The average Bonchev–Trinajstić information content (AvgIpc) is 2.64. The molecule has 1 aliphatic rings. The molecule has 1 aliphatic heterocycles. The van der Waals surface area contributed by atoms with Crippen molar-refractivity contribution in [2.75, 3.05) is 11.4 Å². The van der Waals surface area contributed by atoms with E-state index in [0.717, 1.165) is 25.2 Å². The van der Waals surface area contributed by atoms with Crippen molar-refractivity contribution in [3.63, 3.8) is 0 Å². The molecule has 0 aromatic carbocycles. The number of aliphatic hydroxyl groups is 1. The van der Waals surface area contributed by atoms with Gasteiger partial charge in [-0.05, 0) is 19.8 Å². The minimum absolute atomic E-state index is 0.113. The Morgan fingerprint density at radius 3 is 3.00 bits per heavy atom. The van der Waals surface area contributed by atoms with E-state index in [9.17, 15) is 5.11 Å². The van der Waals surface area contributed by atoms with Crippen molar-refractivity contribution in [3.05, 3.63) is 17.0 Å². The van der Waals surface area contributed by atoms with Crippen LogP contribution in [0.1, 0.15) is 25.3 Å². The minimum atomic E-state index is -0.113. The maximum Gasteiger partial charge on any atom is 0.140 e. The largest absolute Gasteiger partial charge is 0.391 e. The van der Waals surface area contributed by atoms with Crippen LogP contribution in [0.2, 0.25) is 5.15 Å². The molecule has 0 spiro atoms. The van der Waals surface area contributed by atoms with Gasteiger partial charge in [0.1, 0.15) is 17.3 Å². The predicted molar refractivity (Wildman–Crippen MR) is 59.0 cm³/mol. The monoisotopic (exact) mass is 227 g/mol. The number of halogens is 1. The number of hydrogen-bond acceptors (Lipinski definition) is 4. The molecule has 0 saturated carbocycles. The fraction of sp³-hybridized carbons (Fsp3) is 0.600. The van der Waals surface area contributed by atoms with E-state index in [1.807, 2.05) is 0 Å². The van der Waals surface area contributed by atoms with Gasteiger partial charge in [-0.2, -0.15) is 0 Å². The van der Waals surface area contributed by atoms with E-state index in [4.69, 9.17) is 11.6 Å². The maximum absolute atomic E-state index is 9.25. The van der Waals surface area contributed by atoms with Gasteiger partial charge in [0.2, 0.25) is 0 Å². The van der Waals surface area contributed by atoms with Gasteiger partial charge in [0.05, 0.1) is 12.2 Å². The first-order valence-electron chi connectivity index (χ1n) is 5.11. The molecule has 0 radical (unpaired) electrons. The van der Waals surface area contributed by atoms with E-state index in [1.165, 1.54) is 6.33 Å². The van der Waals surface area contributed by atoms with Crippen molar-refractivity contribution in [2.45, 2.75) is 32.4 Å². The molecule has 82 valence electrons. The van der Waals surface area contributed by atoms with Gasteiger partial charge in [-0.25, -0.2) is 9.97 Å². The van der Waals surface area contributed by atoms with E-state index < -0.39 is 0 Å². The molecule has 0 amide bonds. The number of nitrogens with zero attached hydrogens (tertiary/aromatic N) is 3. The Morgan fingerprint density at radius 1 is 1.60 bits per heavy atom. The summed E-state index contributed by atoms with van der Waals surface area (Å²) in [6, 6.07) is 0.460. The Morgan fingerprint density at radius 2 is 2.40 bits per heavy atom. The first-order valence-corrected chi connectivity index (χ1v) is 5.48. The molecule has 1 saturated heterocycles. The Hall–Kier alpha value is -0.870. The van der Waals surface area contributed by atoms with Crippen molar-refractivity contribution >= 4 is 17.4 Å². The van der Waals surface area contributed by atoms with Gasteiger partial charge in [0.25, 0.3) is 0 Å². The zero-order valence-corrected chi connectivity index (χ0v) is 9.41. The third-order valence-electron chi connectivity index (χ3n) is 2.85. The molecule has 1 N–H and O–H groups in total. The van der Waals surface area contributed by atoms with Gasteiger partial charge in [-0.15, -0.1) is 0 Å². The lowest BCUT2D eigenvalue weighted by Crippen LogP contribution is -2.28. The number of hydrogen-bond donors (Lipinski definition) is 1. The van der Waals surface area contributed by atoms with E-state index in [-0.39, 0.29) is 6.61 Å². The van der Waals surface area contributed by atoms with Crippen LogP contribution in [0, 0.1) is 0 Å². The molecule has 1 fully saturated rings. The lowest BCUT2D eigenvalue weighted by molar-refractivity contribution is 0.281. The second kappa shape index (κ2) is 4.33. The predicted octanol–water partition coefficient (Wildman–Crippen LogP) is 1.61. The number of anilines is 1. The number of aliphatic hydroxyl groups excluding tert-OH is 1. The van der Waals surface area contributed by atoms with Crippen molar-refractivity contribution < 1.29 is 5.11 Å². The van der Waals surface area contributed by atoms with E-state index in [2.05, 4.69) is 21.8 Å². The van der Waals surface area contributed by atoms with Crippen LogP contribution in [0.15, 0.2) is 6.33 Å². The van der Waals surface area contributed by atoms with Crippen molar-refractivity contribution in [3.8, 4) is 0 Å². The summed E-state index contributed by atoms with van der Waals surface area (Å²) < 4.78 is 0. The highest BCUT2D eigenvalue weighted by Crippen LogP contribution is 2.29. The Balaban J connectivity index is 2.38. The van der Waals surface area contributed by atoms with Gasteiger partial charge >= 0.3 is 0 Å². The van der Waals surface area contributed by atoms with Crippen LogP contribution in [0.25, 0.3) is 0 Å². The molecule has 1 unspecified atom stereocenters. The molecule has 1 atom stereocenters. The minimum Gasteiger partial charge on any atom is -0.391 e.